The van der Waals surface area contributed by atoms with Gasteiger partial charge in [-0.1, -0.05) is 5.46 Å². The van der Waals surface area contributed by atoms with Crippen molar-refractivity contribution in [3.63, 3.8) is 0 Å². The highest BCUT2D eigenvalue weighted by molar-refractivity contribution is 6.32. The highest BCUT2D eigenvalue weighted by atomic mass is 19.1. The topological polar surface area (TPSA) is 43.2 Å². The average molecular weight is 357 g/mol. The molecule has 0 spiro atoms. The molecule has 5 rings (SSSR count). The Labute approximate surface area is 150 Å². The van der Waals surface area contributed by atoms with Gasteiger partial charge in [-0.25, -0.2) is 8.78 Å². The first kappa shape index (κ1) is 16.8. The second kappa shape index (κ2) is 6.27. The maximum atomic E-state index is 12.4. The molecule has 5 nitrogen and oxygen atoms in total. The Morgan fingerprint density at radius 3 is 1.73 bits per heavy atom. The smallest absolute Gasteiger partial charge is 0.227 e. The van der Waals surface area contributed by atoms with Gasteiger partial charge in [0, 0.05) is 51.4 Å². The number of nitrogens with zero attached hydrogens (tertiary/aromatic N) is 3. The third-order valence-electron chi connectivity index (χ3n) is 4.49. The molecule has 3 heterocycles. The van der Waals surface area contributed by atoms with Crippen molar-refractivity contribution in [2.24, 2.45) is 0 Å². The van der Waals surface area contributed by atoms with E-state index in [2.05, 4.69) is 0 Å². The van der Waals surface area contributed by atoms with Crippen LogP contribution >= 0.6 is 0 Å². The molecular weight excluding hydrogens is 339 g/mol. The summed E-state index contributed by atoms with van der Waals surface area (Å²) in [5, 5.41) is 0. The summed E-state index contributed by atoms with van der Waals surface area (Å²) >= 11 is 0. The van der Waals surface area contributed by atoms with Crippen LogP contribution in [0.4, 0.5) is 8.78 Å². The van der Waals surface area contributed by atoms with E-state index in [0.717, 1.165) is 45.3 Å². The van der Waals surface area contributed by atoms with E-state index < -0.39 is 11.6 Å². The van der Waals surface area contributed by atoms with Gasteiger partial charge in [-0.15, -0.1) is 0 Å². The molecule has 0 radical (unpaired) electrons. The van der Waals surface area contributed by atoms with Gasteiger partial charge in [0.2, 0.25) is 11.6 Å². The Hall–Kier alpha value is -2.64. The number of ketones is 2. The molecule has 0 saturated carbocycles. The van der Waals surface area contributed by atoms with Crippen LogP contribution in [0.15, 0.2) is 41.4 Å². The van der Waals surface area contributed by atoms with Crippen LogP contribution in [0.1, 0.15) is 0 Å². The fourth-order valence-electron chi connectivity index (χ4n) is 2.97. The monoisotopic (exact) mass is 357 g/mol. The summed E-state index contributed by atoms with van der Waals surface area (Å²) in [4.78, 5) is 30.5. The van der Waals surface area contributed by atoms with Crippen molar-refractivity contribution < 1.29 is 18.4 Å². The third kappa shape index (κ3) is 3.49. The second-order valence-corrected chi connectivity index (χ2v) is 6.83. The van der Waals surface area contributed by atoms with E-state index in [1.54, 1.807) is 7.85 Å². The maximum Gasteiger partial charge on any atom is 0.227 e. The minimum atomic E-state index is -0.521. The van der Waals surface area contributed by atoms with Crippen LogP contribution in [-0.4, -0.2) is 73.4 Å². The summed E-state index contributed by atoms with van der Waals surface area (Å²) in [5.74, 6) is -0.993. The molecule has 134 valence electrons. The van der Waals surface area contributed by atoms with Gasteiger partial charge < -0.3 is 14.7 Å². The Bertz CT molecular complexity index is 806. The summed E-state index contributed by atoms with van der Waals surface area (Å²) in [6.07, 6.45) is 1.52. The molecule has 3 fully saturated rings. The van der Waals surface area contributed by atoms with Gasteiger partial charge in [-0.3, -0.25) is 9.59 Å². The Balaban J connectivity index is 0.000000160. The van der Waals surface area contributed by atoms with Gasteiger partial charge in [-0.2, -0.15) is 0 Å². The van der Waals surface area contributed by atoms with Crippen LogP contribution in [0.5, 0.6) is 0 Å². The van der Waals surface area contributed by atoms with Gasteiger partial charge in [0.05, 0.1) is 5.70 Å². The van der Waals surface area contributed by atoms with E-state index in [9.17, 15) is 18.4 Å². The first-order valence-electron chi connectivity index (χ1n) is 8.66. The average Bonchev–Trinajstić information content (AvgIpc) is 3.43. The number of Topliss-reactive ketones (excluding diaryl/α,β-unsaturated/α-hetero) is 1. The van der Waals surface area contributed by atoms with Crippen molar-refractivity contribution in [1.29, 1.82) is 0 Å². The standard InChI is InChI=1S/C12H13N3O2.C6H5BF2/c16-9-7-8(13-1-2-13)12(17)11(15-5-6-15)10(9)14-3-4-14;7-4-1-5(8)3-6(9)2-4/h7H,1-6H2;1-3H,7H2. The molecule has 3 aliphatic heterocycles. The number of hydrogen-bond acceptors (Lipinski definition) is 5. The molecule has 0 aromatic heterocycles. The van der Waals surface area contributed by atoms with Crippen LogP contribution in [0.2, 0.25) is 0 Å². The van der Waals surface area contributed by atoms with Gasteiger partial charge in [0.25, 0.3) is 0 Å². The number of benzene rings is 1. The summed E-state index contributed by atoms with van der Waals surface area (Å²) in [7, 11) is 1.64. The summed E-state index contributed by atoms with van der Waals surface area (Å²) in [5.41, 5.74) is 2.49. The molecule has 0 unspecified atom stereocenters. The predicted octanol–water partition coefficient (Wildman–Crippen LogP) is -0.596. The normalized spacial score (nSPS) is 20.7. The molecule has 3 saturated heterocycles. The molecule has 8 heteroatoms. The lowest BCUT2D eigenvalue weighted by atomic mass is 9.96. The number of hydrogen-bond donors (Lipinski definition) is 0. The first-order chi connectivity index (χ1) is 12.4. The second-order valence-electron chi connectivity index (χ2n) is 6.83. The minimum absolute atomic E-state index is 0.00546. The van der Waals surface area contributed by atoms with E-state index in [1.165, 1.54) is 18.2 Å². The molecule has 0 bridgehead atoms. The van der Waals surface area contributed by atoms with Gasteiger partial charge in [0.1, 0.15) is 30.9 Å². The number of carbonyl (C=O) groups excluding carboxylic acids is 2. The van der Waals surface area contributed by atoms with E-state index in [4.69, 9.17) is 0 Å². The molecule has 1 aromatic carbocycles. The van der Waals surface area contributed by atoms with Gasteiger partial charge >= 0.3 is 0 Å². The first-order valence-corrected chi connectivity index (χ1v) is 8.66. The van der Waals surface area contributed by atoms with E-state index in [0.29, 0.717) is 22.6 Å². The van der Waals surface area contributed by atoms with E-state index >= 15 is 0 Å². The number of rotatable bonds is 3. The Kier molecular flexibility index (Phi) is 4.05. The van der Waals surface area contributed by atoms with Gasteiger partial charge in [0.15, 0.2) is 0 Å². The van der Waals surface area contributed by atoms with E-state index in [-0.39, 0.29) is 11.6 Å². The van der Waals surface area contributed by atoms with E-state index in [1.807, 2.05) is 14.7 Å². The fraction of sp³-hybridized carbons (Fsp3) is 0.333. The lowest BCUT2D eigenvalue weighted by molar-refractivity contribution is -0.117. The molecular formula is C18H18BF2N3O2. The number of allylic oxidation sites excluding steroid dienone is 1. The Morgan fingerprint density at radius 2 is 1.27 bits per heavy atom. The zero-order valence-corrected chi connectivity index (χ0v) is 14.5. The van der Waals surface area contributed by atoms with Crippen LogP contribution in [-0.2, 0) is 9.59 Å². The minimum Gasteiger partial charge on any atom is -0.365 e. The number of carbonyl (C=O) groups is 2. The molecule has 0 atom stereocenters. The molecule has 0 N–H and O–H groups in total. The van der Waals surface area contributed by atoms with Crippen molar-refractivity contribution in [2.45, 2.75) is 0 Å². The summed E-state index contributed by atoms with van der Waals surface area (Å²) < 4.78 is 24.4. The zero-order chi connectivity index (χ0) is 18.4. The Morgan fingerprint density at radius 1 is 0.769 bits per heavy atom. The predicted molar refractivity (Wildman–Crippen MR) is 94.4 cm³/mol. The highest BCUT2D eigenvalue weighted by Crippen LogP contribution is 2.33. The van der Waals surface area contributed by atoms with Gasteiger partial charge in [-0.05, 0) is 12.1 Å². The van der Waals surface area contributed by atoms with Crippen molar-refractivity contribution in [3.8, 4) is 0 Å². The lowest BCUT2D eigenvalue weighted by Crippen LogP contribution is -2.29. The van der Waals surface area contributed by atoms with Crippen LogP contribution in [0.25, 0.3) is 0 Å². The van der Waals surface area contributed by atoms with Crippen LogP contribution in [0, 0.1) is 11.6 Å². The molecule has 4 aliphatic rings. The van der Waals surface area contributed by atoms with Crippen LogP contribution < -0.4 is 5.46 Å². The zero-order valence-electron chi connectivity index (χ0n) is 14.5. The molecule has 1 aliphatic carbocycles. The number of halogens is 2. The van der Waals surface area contributed by atoms with Crippen molar-refractivity contribution in [3.05, 3.63) is 53.0 Å². The quantitative estimate of drug-likeness (QED) is 0.411. The van der Waals surface area contributed by atoms with Crippen LogP contribution in [0.3, 0.4) is 0 Å². The molecule has 0 amide bonds. The lowest BCUT2D eigenvalue weighted by Gasteiger charge is -2.21. The largest absolute Gasteiger partial charge is 0.365 e. The fourth-order valence-corrected chi connectivity index (χ4v) is 2.97. The third-order valence-corrected chi connectivity index (χ3v) is 4.49. The summed E-state index contributed by atoms with van der Waals surface area (Å²) in [6, 6.07) is 3.42. The maximum absolute atomic E-state index is 12.4. The molecule has 26 heavy (non-hydrogen) atoms. The van der Waals surface area contributed by atoms with Crippen molar-refractivity contribution in [2.75, 3.05) is 39.3 Å². The summed E-state index contributed by atoms with van der Waals surface area (Å²) in [6.45, 7) is 5.41. The SMILES string of the molecule is Bc1cc(F)cc(F)c1.O=C1C=C(N2CC2)C(=O)C(N2CC2)=C1N1CC1. The van der Waals surface area contributed by atoms with Crippen molar-refractivity contribution >= 4 is 24.9 Å². The van der Waals surface area contributed by atoms with Crippen molar-refractivity contribution in [1.82, 2.24) is 14.7 Å². The highest BCUT2D eigenvalue weighted by Gasteiger charge is 2.43. The molecule has 1 aromatic rings.